The summed E-state index contributed by atoms with van der Waals surface area (Å²) in [5.74, 6) is 0.460. The summed E-state index contributed by atoms with van der Waals surface area (Å²) in [5, 5.41) is 23.8. The molecule has 1 saturated heterocycles. The SMILES string of the molecule is CCn1nc(CC(C)C)cc1C(=O)N1CCC(O)(CO)CC1. The summed E-state index contributed by atoms with van der Waals surface area (Å²) in [4.78, 5) is 14.4. The third kappa shape index (κ3) is 3.67. The number of likely N-dealkylation sites (tertiary alicyclic amines) is 1. The van der Waals surface area contributed by atoms with Gasteiger partial charge >= 0.3 is 0 Å². The fourth-order valence-electron chi connectivity index (χ4n) is 2.85. The molecule has 2 heterocycles. The maximum atomic E-state index is 12.7. The average molecular weight is 309 g/mol. The lowest BCUT2D eigenvalue weighted by Crippen LogP contribution is -2.48. The maximum Gasteiger partial charge on any atom is 0.272 e. The summed E-state index contributed by atoms with van der Waals surface area (Å²) in [6.45, 7) is 7.58. The van der Waals surface area contributed by atoms with E-state index in [1.54, 1.807) is 9.58 Å². The number of carbonyl (C=O) groups excluding carboxylic acids is 1. The molecule has 1 amide bonds. The highest BCUT2D eigenvalue weighted by molar-refractivity contribution is 5.92. The topological polar surface area (TPSA) is 78.6 Å². The van der Waals surface area contributed by atoms with Crippen molar-refractivity contribution in [1.82, 2.24) is 14.7 Å². The third-order valence-electron chi connectivity index (χ3n) is 4.24. The highest BCUT2D eigenvalue weighted by Gasteiger charge is 2.34. The van der Waals surface area contributed by atoms with Crippen molar-refractivity contribution in [3.8, 4) is 0 Å². The second-order valence-corrected chi connectivity index (χ2v) is 6.61. The summed E-state index contributed by atoms with van der Waals surface area (Å²) >= 11 is 0. The van der Waals surface area contributed by atoms with Crippen LogP contribution in [-0.2, 0) is 13.0 Å². The monoisotopic (exact) mass is 309 g/mol. The Balaban J connectivity index is 2.11. The van der Waals surface area contributed by atoms with Crippen molar-refractivity contribution in [2.75, 3.05) is 19.7 Å². The third-order valence-corrected chi connectivity index (χ3v) is 4.24. The molecular formula is C16H27N3O3. The summed E-state index contributed by atoms with van der Waals surface area (Å²) < 4.78 is 1.76. The van der Waals surface area contributed by atoms with E-state index in [0.29, 0.717) is 44.1 Å². The van der Waals surface area contributed by atoms with E-state index in [2.05, 4.69) is 18.9 Å². The number of nitrogens with zero attached hydrogens (tertiary/aromatic N) is 3. The molecule has 2 rings (SSSR count). The average Bonchev–Trinajstić information content (AvgIpc) is 2.89. The highest BCUT2D eigenvalue weighted by atomic mass is 16.3. The smallest absolute Gasteiger partial charge is 0.272 e. The van der Waals surface area contributed by atoms with Crippen LogP contribution in [0.4, 0.5) is 0 Å². The number of piperidine rings is 1. The van der Waals surface area contributed by atoms with E-state index >= 15 is 0 Å². The van der Waals surface area contributed by atoms with Crippen molar-refractivity contribution < 1.29 is 15.0 Å². The molecule has 0 radical (unpaired) electrons. The van der Waals surface area contributed by atoms with Crippen LogP contribution in [0.25, 0.3) is 0 Å². The van der Waals surface area contributed by atoms with Crippen LogP contribution < -0.4 is 0 Å². The van der Waals surface area contributed by atoms with Crippen molar-refractivity contribution in [3.63, 3.8) is 0 Å². The fraction of sp³-hybridized carbons (Fsp3) is 0.750. The van der Waals surface area contributed by atoms with Crippen molar-refractivity contribution >= 4 is 5.91 Å². The van der Waals surface area contributed by atoms with E-state index in [9.17, 15) is 15.0 Å². The van der Waals surface area contributed by atoms with Crippen molar-refractivity contribution in [3.05, 3.63) is 17.5 Å². The van der Waals surface area contributed by atoms with Crippen molar-refractivity contribution in [2.24, 2.45) is 5.92 Å². The van der Waals surface area contributed by atoms with Gasteiger partial charge in [0.2, 0.25) is 0 Å². The molecule has 2 N–H and O–H groups in total. The highest BCUT2D eigenvalue weighted by Crippen LogP contribution is 2.23. The molecule has 1 aromatic rings. The van der Waals surface area contributed by atoms with Gasteiger partial charge in [-0.05, 0) is 38.2 Å². The van der Waals surface area contributed by atoms with Gasteiger partial charge in [-0.25, -0.2) is 0 Å². The Morgan fingerprint density at radius 2 is 2.05 bits per heavy atom. The summed E-state index contributed by atoms with van der Waals surface area (Å²) in [6, 6.07) is 1.89. The molecular weight excluding hydrogens is 282 g/mol. The number of rotatable bonds is 5. The minimum Gasteiger partial charge on any atom is -0.393 e. The van der Waals surface area contributed by atoms with Crippen LogP contribution in [0, 0.1) is 5.92 Å². The lowest BCUT2D eigenvalue weighted by Gasteiger charge is -2.36. The first kappa shape index (κ1) is 17.0. The first-order valence-electron chi connectivity index (χ1n) is 8.08. The molecule has 0 saturated carbocycles. The van der Waals surface area contributed by atoms with Crippen LogP contribution in [0.1, 0.15) is 49.8 Å². The van der Waals surface area contributed by atoms with Gasteiger partial charge in [0.1, 0.15) is 5.69 Å². The zero-order valence-corrected chi connectivity index (χ0v) is 13.7. The molecule has 0 aromatic carbocycles. The number of aryl methyl sites for hydroxylation is 1. The van der Waals surface area contributed by atoms with Crippen LogP contribution >= 0.6 is 0 Å². The van der Waals surface area contributed by atoms with Crippen LogP contribution in [0.5, 0.6) is 0 Å². The zero-order valence-electron chi connectivity index (χ0n) is 13.7. The predicted octanol–water partition coefficient (Wildman–Crippen LogP) is 1.06. The van der Waals surface area contributed by atoms with Gasteiger partial charge in [-0.2, -0.15) is 5.10 Å². The van der Waals surface area contributed by atoms with Gasteiger partial charge < -0.3 is 15.1 Å². The molecule has 0 bridgehead atoms. The van der Waals surface area contributed by atoms with Gasteiger partial charge in [0.05, 0.1) is 17.9 Å². The van der Waals surface area contributed by atoms with E-state index in [4.69, 9.17) is 0 Å². The summed E-state index contributed by atoms with van der Waals surface area (Å²) in [7, 11) is 0. The summed E-state index contributed by atoms with van der Waals surface area (Å²) in [6.07, 6.45) is 1.68. The molecule has 6 heteroatoms. The maximum absolute atomic E-state index is 12.7. The van der Waals surface area contributed by atoms with E-state index in [-0.39, 0.29) is 12.5 Å². The number of aliphatic hydroxyl groups excluding tert-OH is 1. The molecule has 0 atom stereocenters. The number of hydrogen-bond acceptors (Lipinski definition) is 4. The Morgan fingerprint density at radius 1 is 1.41 bits per heavy atom. The summed E-state index contributed by atoms with van der Waals surface area (Å²) in [5.41, 5.74) is 0.529. The lowest BCUT2D eigenvalue weighted by molar-refractivity contribution is -0.0547. The molecule has 1 fully saturated rings. The predicted molar refractivity (Wildman–Crippen MR) is 83.6 cm³/mol. The number of hydrogen-bond donors (Lipinski definition) is 2. The Hall–Kier alpha value is -1.40. The van der Waals surface area contributed by atoms with Gasteiger partial charge in [-0.15, -0.1) is 0 Å². The van der Waals surface area contributed by atoms with E-state index in [1.165, 1.54) is 0 Å². The van der Waals surface area contributed by atoms with Crippen LogP contribution in [0.3, 0.4) is 0 Å². The molecule has 124 valence electrons. The van der Waals surface area contributed by atoms with Crippen LogP contribution in [-0.4, -0.2) is 56.1 Å². The molecule has 22 heavy (non-hydrogen) atoms. The molecule has 0 spiro atoms. The van der Waals surface area contributed by atoms with Gasteiger partial charge in [0, 0.05) is 19.6 Å². The van der Waals surface area contributed by atoms with Gasteiger partial charge in [0.25, 0.3) is 5.91 Å². The second kappa shape index (κ2) is 6.79. The van der Waals surface area contributed by atoms with Crippen molar-refractivity contribution in [1.29, 1.82) is 0 Å². The quantitative estimate of drug-likeness (QED) is 0.852. The van der Waals surface area contributed by atoms with Gasteiger partial charge in [0.15, 0.2) is 0 Å². The molecule has 1 aromatic heterocycles. The molecule has 1 aliphatic heterocycles. The minimum absolute atomic E-state index is 0.0376. The van der Waals surface area contributed by atoms with E-state index in [0.717, 1.165) is 12.1 Å². The van der Waals surface area contributed by atoms with E-state index in [1.807, 2.05) is 13.0 Å². The van der Waals surface area contributed by atoms with Gasteiger partial charge in [-0.3, -0.25) is 9.48 Å². The van der Waals surface area contributed by atoms with Crippen LogP contribution in [0.15, 0.2) is 6.07 Å². The number of aliphatic hydroxyl groups is 2. The Labute approximate surface area is 131 Å². The second-order valence-electron chi connectivity index (χ2n) is 6.61. The Morgan fingerprint density at radius 3 is 2.55 bits per heavy atom. The Bertz CT molecular complexity index is 517. The van der Waals surface area contributed by atoms with E-state index < -0.39 is 5.60 Å². The normalized spacial score (nSPS) is 18.0. The van der Waals surface area contributed by atoms with Crippen molar-refractivity contribution in [2.45, 2.75) is 52.2 Å². The van der Waals surface area contributed by atoms with Gasteiger partial charge in [-0.1, -0.05) is 13.8 Å². The molecule has 0 aliphatic carbocycles. The molecule has 1 aliphatic rings. The largest absolute Gasteiger partial charge is 0.393 e. The minimum atomic E-state index is -1.04. The zero-order chi connectivity index (χ0) is 16.3. The fourth-order valence-corrected chi connectivity index (χ4v) is 2.85. The number of carbonyl (C=O) groups is 1. The Kier molecular flexibility index (Phi) is 5.24. The number of amides is 1. The number of aromatic nitrogens is 2. The first-order chi connectivity index (χ1) is 10.4. The molecule has 6 nitrogen and oxygen atoms in total. The van der Waals surface area contributed by atoms with Crippen LogP contribution in [0.2, 0.25) is 0 Å². The standard InChI is InChI=1S/C16H27N3O3/c1-4-19-14(10-13(17-19)9-12(2)3)15(21)18-7-5-16(22,11-20)6-8-18/h10,12,20,22H,4-9,11H2,1-3H3. The molecule has 0 unspecified atom stereocenters. The first-order valence-corrected chi connectivity index (χ1v) is 8.08. The lowest BCUT2D eigenvalue weighted by atomic mass is 9.92.